The predicted octanol–water partition coefficient (Wildman–Crippen LogP) is 1.39. The lowest BCUT2D eigenvalue weighted by atomic mass is 10.1. The van der Waals surface area contributed by atoms with Crippen molar-refractivity contribution in [3.05, 3.63) is 47.5 Å². The van der Waals surface area contributed by atoms with Crippen LogP contribution >= 0.6 is 0 Å². The molecule has 0 unspecified atom stereocenters. The average molecular weight is 460 g/mol. The second-order valence-electron chi connectivity index (χ2n) is 7.41. The molecular formula is C21H25N5O5S. The number of rotatable bonds is 7. The molecule has 1 aliphatic rings. The number of aromatic nitrogens is 3. The average Bonchev–Trinajstić information content (AvgIpc) is 3.22. The number of amides is 1. The van der Waals surface area contributed by atoms with E-state index < -0.39 is 10.0 Å². The Balaban J connectivity index is 1.50. The quantitative estimate of drug-likeness (QED) is 0.568. The van der Waals surface area contributed by atoms with Gasteiger partial charge in [-0.25, -0.2) is 8.42 Å². The number of carbonyl (C=O) groups excluding carboxylic acids is 1. The monoisotopic (exact) mass is 459 g/mol. The molecule has 2 aromatic carbocycles. The third-order valence-corrected chi connectivity index (χ3v) is 7.21. The highest BCUT2D eigenvalue weighted by atomic mass is 32.2. The van der Waals surface area contributed by atoms with Crippen LogP contribution in [0, 0.1) is 6.92 Å². The van der Waals surface area contributed by atoms with Crippen LogP contribution in [-0.2, 0) is 26.0 Å². The summed E-state index contributed by atoms with van der Waals surface area (Å²) in [5.74, 6) is -0.352. The van der Waals surface area contributed by atoms with Gasteiger partial charge in [0, 0.05) is 18.8 Å². The SMILES string of the molecule is CCc1cccc(C)c1NC(=O)COn1nnc2ccc(S(=O)(=O)N3CCOCC3)cc21. The van der Waals surface area contributed by atoms with Gasteiger partial charge in [-0.15, -0.1) is 5.10 Å². The summed E-state index contributed by atoms with van der Waals surface area (Å²) in [7, 11) is -3.68. The summed E-state index contributed by atoms with van der Waals surface area (Å²) >= 11 is 0. The number of carbonyl (C=O) groups is 1. The minimum atomic E-state index is -3.68. The number of nitrogens with zero attached hydrogens (tertiary/aromatic N) is 4. The Morgan fingerprint density at radius 1 is 1.22 bits per heavy atom. The van der Waals surface area contributed by atoms with Gasteiger partial charge in [-0.3, -0.25) is 4.79 Å². The number of hydrogen-bond acceptors (Lipinski definition) is 7. The third kappa shape index (κ3) is 4.45. The predicted molar refractivity (Wildman–Crippen MR) is 118 cm³/mol. The van der Waals surface area contributed by atoms with E-state index in [-0.39, 0.29) is 17.4 Å². The maximum Gasteiger partial charge on any atom is 0.265 e. The van der Waals surface area contributed by atoms with Crippen LogP contribution in [0.25, 0.3) is 11.0 Å². The molecule has 0 radical (unpaired) electrons. The van der Waals surface area contributed by atoms with Crippen LogP contribution in [-0.4, -0.2) is 66.7 Å². The number of aryl methyl sites for hydroxylation is 2. The number of benzene rings is 2. The number of nitrogens with one attached hydrogen (secondary N) is 1. The van der Waals surface area contributed by atoms with E-state index in [1.807, 2.05) is 32.0 Å². The summed E-state index contributed by atoms with van der Waals surface area (Å²) in [5.41, 5.74) is 3.58. The van der Waals surface area contributed by atoms with Crippen molar-refractivity contribution in [2.75, 3.05) is 38.2 Å². The van der Waals surface area contributed by atoms with Crippen LogP contribution in [0.3, 0.4) is 0 Å². The highest BCUT2D eigenvalue weighted by molar-refractivity contribution is 7.89. The Morgan fingerprint density at radius 3 is 2.75 bits per heavy atom. The van der Waals surface area contributed by atoms with E-state index in [0.29, 0.717) is 37.3 Å². The van der Waals surface area contributed by atoms with E-state index in [0.717, 1.165) is 28.1 Å². The Bertz CT molecular complexity index is 1230. The highest BCUT2D eigenvalue weighted by Crippen LogP contribution is 2.22. The van der Waals surface area contributed by atoms with Crippen LogP contribution in [0.2, 0.25) is 0 Å². The summed E-state index contributed by atoms with van der Waals surface area (Å²) in [6.45, 7) is 4.96. The molecule has 170 valence electrons. The number of fused-ring (bicyclic) bond motifs is 1. The minimum Gasteiger partial charge on any atom is -0.385 e. The lowest BCUT2D eigenvalue weighted by molar-refractivity contribution is -0.121. The fourth-order valence-corrected chi connectivity index (χ4v) is 5.00. The summed E-state index contributed by atoms with van der Waals surface area (Å²) < 4.78 is 32.5. The van der Waals surface area contributed by atoms with Crippen molar-refractivity contribution in [2.24, 2.45) is 0 Å². The standard InChI is InChI=1S/C21H25N5O5S/c1-3-16-6-4-5-15(2)21(16)22-20(27)14-31-26-19-13-17(7-8-18(19)23-24-26)32(28,29)25-9-11-30-12-10-25/h4-8,13H,3,9-12,14H2,1-2H3,(H,22,27). The van der Waals surface area contributed by atoms with Crippen LogP contribution in [0.15, 0.2) is 41.3 Å². The molecule has 0 bridgehead atoms. The third-order valence-electron chi connectivity index (χ3n) is 5.32. The lowest BCUT2D eigenvalue weighted by Gasteiger charge is -2.26. The molecule has 0 aliphatic carbocycles. The first kappa shape index (κ1) is 22.2. The largest absolute Gasteiger partial charge is 0.385 e. The van der Waals surface area contributed by atoms with E-state index >= 15 is 0 Å². The molecular weight excluding hydrogens is 434 g/mol. The second kappa shape index (κ2) is 9.23. The van der Waals surface area contributed by atoms with Crippen molar-refractivity contribution in [1.82, 2.24) is 19.5 Å². The van der Waals surface area contributed by atoms with Crippen molar-refractivity contribution in [1.29, 1.82) is 0 Å². The zero-order chi connectivity index (χ0) is 22.7. The molecule has 1 saturated heterocycles. The zero-order valence-electron chi connectivity index (χ0n) is 17.9. The van der Waals surface area contributed by atoms with E-state index in [1.54, 1.807) is 6.07 Å². The van der Waals surface area contributed by atoms with Gasteiger partial charge in [0.1, 0.15) is 11.0 Å². The Labute approximate surface area is 186 Å². The Morgan fingerprint density at radius 2 is 2.00 bits per heavy atom. The highest BCUT2D eigenvalue weighted by Gasteiger charge is 2.27. The molecule has 4 rings (SSSR count). The van der Waals surface area contributed by atoms with Crippen molar-refractivity contribution in [3.8, 4) is 0 Å². The number of sulfonamides is 1. The van der Waals surface area contributed by atoms with Crippen LogP contribution < -0.4 is 10.2 Å². The number of hydrogen-bond donors (Lipinski definition) is 1. The zero-order valence-corrected chi connectivity index (χ0v) is 18.8. The maximum atomic E-state index is 12.9. The molecule has 1 amide bonds. The van der Waals surface area contributed by atoms with E-state index in [4.69, 9.17) is 9.57 Å². The normalized spacial score (nSPS) is 15.1. The van der Waals surface area contributed by atoms with Gasteiger partial charge in [0.05, 0.1) is 18.1 Å². The molecule has 1 aromatic heterocycles. The first-order chi connectivity index (χ1) is 15.4. The van der Waals surface area contributed by atoms with Gasteiger partial charge in [-0.05, 0) is 47.9 Å². The van der Waals surface area contributed by atoms with Crippen LogP contribution in [0.4, 0.5) is 5.69 Å². The van der Waals surface area contributed by atoms with Gasteiger partial charge < -0.3 is 14.9 Å². The first-order valence-electron chi connectivity index (χ1n) is 10.3. The number of ether oxygens (including phenoxy) is 1. The number of para-hydroxylation sites is 1. The molecule has 1 aliphatic heterocycles. The molecule has 2 heterocycles. The number of anilines is 1. The molecule has 0 saturated carbocycles. The van der Waals surface area contributed by atoms with E-state index in [2.05, 4.69) is 15.6 Å². The van der Waals surface area contributed by atoms with Crippen molar-refractivity contribution < 1.29 is 22.8 Å². The molecule has 1 fully saturated rings. The van der Waals surface area contributed by atoms with Gasteiger partial charge >= 0.3 is 0 Å². The van der Waals surface area contributed by atoms with Gasteiger partial charge in [0.25, 0.3) is 5.91 Å². The Kier molecular flexibility index (Phi) is 6.40. The molecule has 0 atom stereocenters. The molecule has 0 spiro atoms. The topological polar surface area (TPSA) is 116 Å². The summed E-state index contributed by atoms with van der Waals surface area (Å²) in [5, 5.41) is 10.8. The first-order valence-corrected chi connectivity index (χ1v) is 11.8. The summed E-state index contributed by atoms with van der Waals surface area (Å²) in [4.78, 5) is 19.2. The van der Waals surface area contributed by atoms with E-state index in [9.17, 15) is 13.2 Å². The number of morpholine rings is 1. The molecule has 11 heteroatoms. The van der Waals surface area contributed by atoms with Crippen molar-refractivity contribution in [2.45, 2.75) is 25.2 Å². The molecule has 10 nitrogen and oxygen atoms in total. The fourth-order valence-electron chi connectivity index (χ4n) is 3.57. The van der Waals surface area contributed by atoms with Crippen molar-refractivity contribution in [3.63, 3.8) is 0 Å². The maximum absolute atomic E-state index is 12.9. The summed E-state index contributed by atoms with van der Waals surface area (Å²) in [6.07, 6.45) is 0.784. The summed E-state index contributed by atoms with van der Waals surface area (Å²) in [6, 6.07) is 10.3. The second-order valence-corrected chi connectivity index (χ2v) is 9.35. The van der Waals surface area contributed by atoms with Gasteiger partial charge in [-0.1, -0.05) is 30.0 Å². The van der Waals surface area contributed by atoms with Gasteiger partial charge in [0.15, 0.2) is 6.61 Å². The molecule has 1 N–H and O–H groups in total. The van der Waals surface area contributed by atoms with Gasteiger partial charge in [-0.2, -0.15) is 4.31 Å². The van der Waals surface area contributed by atoms with E-state index in [1.165, 1.54) is 16.4 Å². The van der Waals surface area contributed by atoms with Crippen LogP contribution in [0.5, 0.6) is 0 Å². The minimum absolute atomic E-state index is 0.107. The molecule has 3 aromatic rings. The smallest absolute Gasteiger partial charge is 0.265 e. The Hall–Kier alpha value is -3.02. The lowest BCUT2D eigenvalue weighted by Crippen LogP contribution is -2.40. The van der Waals surface area contributed by atoms with Crippen molar-refractivity contribution >= 4 is 32.7 Å². The van der Waals surface area contributed by atoms with Crippen LogP contribution in [0.1, 0.15) is 18.1 Å². The van der Waals surface area contributed by atoms with Gasteiger partial charge in [0.2, 0.25) is 10.0 Å². The fraction of sp³-hybridized carbons (Fsp3) is 0.381. The molecule has 32 heavy (non-hydrogen) atoms.